The van der Waals surface area contributed by atoms with Gasteiger partial charge >= 0.3 is 0 Å². The molecule has 0 bridgehead atoms. The molecule has 5 nitrogen and oxygen atoms in total. The number of carbonyl (C=O) groups excluding carboxylic acids is 1. The van der Waals surface area contributed by atoms with Gasteiger partial charge in [-0.2, -0.15) is 0 Å². The van der Waals surface area contributed by atoms with Gasteiger partial charge in [0.2, 0.25) is 5.91 Å². The average molecular weight is 347 g/mol. The summed E-state index contributed by atoms with van der Waals surface area (Å²) in [6.07, 6.45) is 5.57. The Balaban J connectivity index is 1.61. The molecular formula is C21H21N3O2. The van der Waals surface area contributed by atoms with E-state index in [0.29, 0.717) is 19.6 Å². The minimum absolute atomic E-state index is 0.0323. The lowest BCUT2D eigenvalue weighted by Gasteiger charge is -2.10. The molecule has 0 aliphatic carbocycles. The molecule has 0 saturated heterocycles. The summed E-state index contributed by atoms with van der Waals surface area (Å²) >= 11 is 0. The van der Waals surface area contributed by atoms with Gasteiger partial charge in [-0.15, -0.1) is 0 Å². The molecule has 1 aromatic carbocycles. The van der Waals surface area contributed by atoms with Gasteiger partial charge in [-0.25, -0.2) is 0 Å². The molecule has 0 radical (unpaired) electrons. The van der Waals surface area contributed by atoms with Gasteiger partial charge in [-0.3, -0.25) is 14.8 Å². The number of aromatic nitrogens is 2. The first-order chi connectivity index (χ1) is 12.8. The van der Waals surface area contributed by atoms with E-state index in [4.69, 9.17) is 4.74 Å². The first kappa shape index (κ1) is 17.6. The highest BCUT2D eigenvalue weighted by molar-refractivity contribution is 5.78. The zero-order valence-electron chi connectivity index (χ0n) is 14.7. The smallest absolute Gasteiger partial charge is 0.224 e. The van der Waals surface area contributed by atoms with Crippen LogP contribution in [0, 0.1) is 0 Å². The predicted molar refractivity (Wildman–Crippen MR) is 101 cm³/mol. The Morgan fingerprint density at radius 2 is 1.88 bits per heavy atom. The molecule has 0 spiro atoms. The summed E-state index contributed by atoms with van der Waals surface area (Å²) in [4.78, 5) is 20.8. The van der Waals surface area contributed by atoms with E-state index in [0.717, 1.165) is 28.1 Å². The van der Waals surface area contributed by atoms with Crippen molar-refractivity contribution in [1.82, 2.24) is 15.3 Å². The van der Waals surface area contributed by atoms with Crippen LogP contribution in [-0.4, -0.2) is 22.5 Å². The molecular weight excluding hydrogens is 326 g/mol. The topological polar surface area (TPSA) is 64.1 Å². The van der Waals surface area contributed by atoms with Gasteiger partial charge in [0.15, 0.2) is 0 Å². The summed E-state index contributed by atoms with van der Waals surface area (Å²) in [7, 11) is 0. The molecule has 0 aliphatic heterocycles. The first-order valence-corrected chi connectivity index (χ1v) is 8.59. The molecule has 1 N–H and O–H groups in total. The van der Waals surface area contributed by atoms with E-state index in [1.165, 1.54) is 0 Å². The Morgan fingerprint density at radius 3 is 2.62 bits per heavy atom. The molecule has 1 amide bonds. The molecule has 5 heteroatoms. The van der Waals surface area contributed by atoms with Gasteiger partial charge in [-0.1, -0.05) is 18.2 Å². The fourth-order valence-corrected chi connectivity index (χ4v) is 2.66. The van der Waals surface area contributed by atoms with Crippen LogP contribution in [0.25, 0.3) is 11.3 Å². The van der Waals surface area contributed by atoms with Crippen molar-refractivity contribution in [1.29, 1.82) is 0 Å². The Bertz CT molecular complexity index is 849. The summed E-state index contributed by atoms with van der Waals surface area (Å²) in [5, 5.41) is 2.97. The second kappa shape index (κ2) is 8.76. The van der Waals surface area contributed by atoms with E-state index in [9.17, 15) is 4.79 Å². The van der Waals surface area contributed by atoms with Crippen molar-refractivity contribution in [3.63, 3.8) is 0 Å². The van der Waals surface area contributed by atoms with Crippen LogP contribution in [0.1, 0.15) is 18.1 Å². The molecule has 2 aromatic heterocycles. The van der Waals surface area contributed by atoms with Crippen molar-refractivity contribution in [3.05, 3.63) is 78.2 Å². The van der Waals surface area contributed by atoms with Crippen LogP contribution in [0.15, 0.2) is 67.1 Å². The molecule has 132 valence electrons. The number of benzene rings is 1. The molecule has 26 heavy (non-hydrogen) atoms. The van der Waals surface area contributed by atoms with Gasteiger partial charge < -0.3 is 10.1 Å². The summed E-state index contributed by atoms with van der Waals surface area (Å²) < 4.78 is 5.41. The fraction of sp³-hybridized carbons (Fsp3) is 0.190. The third-order valence-corrected chi connectivity index (χ3v) is 3.90. The number of ether oxygens (including phenoxy) is 1. The molecule has 3 rings (SSSR count). The number of amides is 1. The van der Waals surface area contributed by atoms with Crippen LogP contribution in [0.5, 0.6) is 5.75 Å². The molecule has 0 unspecified atom stereocenters. The molecule has 0 saturated carbocycles. The largest absolute Gasteiger partial charge is 0.494 e. The Kier molecular flexibility index (Phi) is 5.93. The Hall–Kier alpha value is -3.21. The van der Waals surface area contributed by atoms with Gasteiger partial charge in [-0.05, 0) is 48.4 Å². The van der Waals surface area contributed by atoms with Crippen molar-refractivity contribution in [2.24, 2.45) is 0 Å². The van der Waals surface area contributed by atoms with Gasteiger partial charge in [0.1, 0.15) is 5.75 Å². The van der Waals surface area contributed by atoms with E-state index < -0.39 is 0 Å². The Labute approximate surface area is 153 Å². The zero-order chi connectivity index (χ0) is 18.2. The second-order valence-electron chi connectivity index (χ2n) is 5.78. The SMILES string of the molecule is CCOc1ccc(CC(=O)NCc2cccnc2-c2cccnc2)cc1. The number of hydrogen-bond donors (Lipinski definition) is 1. The number of rotatable bonds is 7. The van der Waals surface area contributed by atoms with Gasteiger partial charge in [0, 0.05) is 30.7 Å². The summed E-state index contributed by atoms with van der Waals surface area (Å²) in [6.45, 7) is 3.00. The van der Waals surface area contributed by atoms with Crippen molar-refractivity contribution in [2.45, 2.75) is 19.9 Å². The summed E-state index contributed by atoms with van der Waals surface area (Å²) in [6, 6.07) is 15.3. The maximum atomic E-state index is 12.3. The van der Waals surface area contributed by atoms with Crippen molar-refractivity contribution in [3.8, 4) is 17.0 Å². The van der Waals surface area contributed by atoms with Crippen molar-refractivity contribution >= 4 is 5.91 Å². The monoisotopic (exact) mass is 347 g/mol. The summed E-state index contributed by atoms with van der Waals surface area (Å²) in [5.74, 6) is 0.781. The van der Waals surface area contributed by atoms with Crippen LogP contribution >= 0.6 is 0 Å². The number of carbonyl (C=O) groups is 1. The van der Waals surface area contributed by atoms with E-state index in [2.05, 4.69) is 15.3 Å². The van der Waals surface area contributed by atoms with Crippen molar-refractivity contribution in [2.75, 3.05) is 6.61 Å². The third-order valence-electron chi connectivity index (χ3n) is 3.90. The third kappa shape index (κ3) is 4.66. The highest BCUT2D eigenvalue weighted by atomic mass is 16.5. The first-order valence-electron chi connectivity index (χ1n) is 8.59. The number of hydrogen-bond acceptors (Lipinski definition) is 4. The molecule has 0 fully saturated rings. The molecule has 0 aliphatic rings. The van der Waals surface area contributed by atoms with Crippen molar-refractivity contribution < 1.29 is 9.53 Å². The minimum atomic E-state index is -0.0323. The minimum Gasteiger partial charge on any atom is -0.494 e. The quantitative estimate of drug-likeness (QED) is 0.711. The maximum absolute atomic E-state index is 12.3. The zero-order valence-corrected chi connectivity index (χ0v) is 14.7. The number of pyridine rings is 2. The predicted octanol–water partition coefficient (Wildman–Crippen LogP) is 3.40. The maximum Gasteiger partial charge on any atom is 0.224 e. The summed E-state index contributed by atoms with van der Waals surface area (Å²) in [5.41, 5.74) is 3.68. The Morgan fingerprint density at radius 1 is 1.08 bits per heavy atom. The van der Waals surface area contributed by atoms with E-state index >= 15 is 0 Å². The average Bonchev–Trinajstić information content (AvgIpc) is 2.69. The lowest BCUT2D eigenvalue weighted by Crippen LogP contribution is -2.25. The van der Waals surface area contributed by atoms with Gasteiger partial charge in [0.05, 0.1) is 18.7 Å². The van der Waals surface area contributed by atoms with Gasteiger partial charge in [0.25, 0.3) is 0 Å². The molecule has 3 aromatic rings. The normalized spacial score (nSPS) is 10.3. The standard InChI is InChI=1S/C21H21N3O2/c1-2-26-19-9-7-16(8-10-19)13-20(25)24-15-18-6-4-12-23-21(18)17-5-3-11-22-14-17/h3-12,14H,2,13,15H2,1H3,(H,24,25). The van der Waals surface area contributed by atoms with Crippen LogP contribution < -0.4 is 10.1 Å². The lowest BCUT2D eigenvalue weighted by molar-refractivity contribution is -0.120. The van der Waals surface area contributed by atoms with Crippen LogP contribution in [-0.2, 0) is 17.8 Å². The van der Waals surface area contributed by atoms with E-state index in [1.54, 1.807) is 18.6 Å². The van der Waals surface area contributed by atoms with E-state index in [-0.39, 0.29) is 5.91 Å². The van der Waals surface area contributed by atoms with Crippen LogP contribution in [0.3, 0.4) is 0 Å². The van der Waals surface area contributed by atoms with Crippen LogP contribution in [0.2, 0.25) is 0 Å². The fourth-order valence-electron chi connectivity index (χ4n) is 2.66. The van der Waals surface area contributed by atoms with E-state index in [1.807, 2.05) is 55.5 Å². The second-order valence-corrected chi connectivity index (χ2v) is 5.78. The molecule has 0 atom stereocenters. The van der Waals surface area contributed by atoms with Crippen LogP contribution in [0.4, 0.5) is 0 Å². The lowest BCUT2D eigenvalue weighted by atomic mass is 10.1. The highest BCUT2D eigenvalue weighted by Crippen LogP contribution is 2.19. The highest BCUT2D eigenvalue weighted by Gasteiger charge is 2.09. The molecule has 2 heterocycles. The number of nitrogens with zero attached hydrogens (tertiary/aromatic N) is 2. The number of nitrogens with one attached hydrogen (secondary N) is 1.